The van der Waals surface area contributed by atoms with Crippen molar-refractivity contribution in [3.63, 3.8) is 0 Å². The Morgan fingerprint density at radius 1 is 1.04 bits per heavy atom. The molecular formula is C18H20Cl2N4O3S. The van der Waals surface area contributed by atoms with Crippen molar-refractivity contribution in [3.8, 4) is 0 Å². The highest BCUT2D eigenvalue weighted by Gasteiger charge is 2.16. The number of urea groups is 1. The van der Waals surface area contributed by atoms with Gasteiger partial charge in [-0.1, -0.05) is 42.3 Å². The van der Waals surface area contributed by atoms with E-state index < -0.39 is 11.9 Å². The highest BCUT2D eigenvalue weighted by molar-refractivity contribution is 7.09. The van der Waals surface area contributed by atoms with Crippen molar-refractivity contribution in [1.82, 2.24) is 15.5 Å². The molecule has 3 N–H and O–H groups in total. The van der Waals surface area contributed by atoms with Crippen LogP contribution in [0.1, 0.15) is 11.8 Å². The molecule has 0 aliphatic heterocycles. The number of nitrogens with zero attached hydrogens (tertiary/aromatic N) is 1. The third-order valence-corrected chi connectivity index (χ3v) is 5.17. The average molecular weight is 443 g/mol. The van der Waals surface area contributed by atoms with E-state index in [0.717, 1.165) is 4.88 Å². The zero-order valence-electron chi connectivity index (χ0n) is 15.1. The maximum atomic E-state index is 12.2. The van der Waals surface area contributed by atoms with Crippen molar-refractivity contribution in [3.05, 3.63) is 50.6 Å². The number of anilines is 1. The molecule has 150 valence electrons. The van der Waals surface area contributed by atoms with Gasteiger partial charge in [-0.15, -0.1) is 11.3 Å². The van der Waals surface area contributed by atoms with E-state index in [9.17, 15) is 14.4 Å². The van der Waals surface area contributed by atoms with Crippen LogP contribution in [-0.4, -0.2) is 42.4 Å². The number of hydrogen-bond donors (Lipinski definition) is 3. The van der Waals surface area contributed by atoms with Crippen LogP contribution in [0, 0.1) is 0 Å². The van der Waals surface area contributed by atoms with Gasteiger partial charge in [-0.2, -0.15) is 0 Å². The Balaban J connectivity index is 1.79. The lowest BCUT2D eigenvalue weighted by Crippen LogP contribution is -2.45. The highest BCUT2D eigenvalue weighted by atomic mass is 35.5. The van der Waals surface area contributed by atoms with Crippen molar-refractivity contribution < 1.29 is 14.4 Å². The molecular weight excluding hydrogens is 423 g/mol. The molecule has 10 heteroatoms. The molecule has 7 nitrogen and oxygen atoms in total. The monoisotopic (exact) mass is 442 g/mol. The van der Waals surface area contributed by atoms with Gasteiger partial charge in [-0.05, 0) is 30.1 Å². The number of para-hydroxylation sites is 1. The third kappa shape index (κ3) is 7.12. The lowest BCUT2D eigenvalue weighted by Gasteiger charge is -2.19. The Hall–Kier alpha value is -2.13. The Bertz CT molecular complexity index is 810. The van der Waals surface area contributed by atoms with E-state index in [2.05, 4.69) is 16.0 Å². The number of amides is 4. The van der Waals surface area contributed by atoms with Crippen LogP contribution in [0.5, 0.6) is 0 Å². The lowest BCUT2D eigenvalue weighted by molar-refractivity contribution is -0.122. The fourth-order valence-corrected chi connectivity index (χ4v) is 3.41. The lowest BCUT2D eigenvalue weighted by atomic mass is 10.3. The summed E-state index contributed by atoms with van der Waals surface area (Å²) in [5, 5.41) is 10.0. The summed E-state index contributed by atoms with van der Waals surface area (Å²) < 4.78 is 0. The predicted molar refractivity (Wildman–Crippen MR) is 112 cm³/mol. The minimum atomic E-state index is -0.582. The van der Waals surface area contributed by atoms with E-state index >= 15 is 0 Å². The minimum absolute atomic E-state index is 0.0533. The van der Waals surface area contributed by atoms with Gasteiger partial charge in [-0.3, -0.25) is 19.8 Å². The summed E-state index contributed by atoms with van der Waals surface area (Å²) in [6, 6.07) is 8.08. The number of imide groups is 1. The van der Waals surface area contributed by atoms with Crippen LogP contribution in [0.4, 0.5) is 10.5 Å². The smallest absolute Gasteiger partial charge is 0.321 e. The first kappa shape index (κ1) is 22.2. The molecule has 0 saturated carbocycles. The maximum Gasteiger partial charge on any atom is 0.321 e. The second-order valence-corrected chi connectivity index (χ2v) is 7.60. The standard InChI is InChI=1S/C18H20Cl2N4O3S/c1-2-24(10-15(25)22-17-13(19)6-3-7-14(17)20)11-16(26)23-18(27)21-9-12-5-4-8-28-12/h3-8H,2,9-11H2,1H3,(H,22,25)(H2,21,23,26,27). The molecule has 0 radical (unpaired) electrons. The van der Waals surface area contributed by atoms with E-state index in [-0.39, 0.29) is 19.0 Å². The van der Waals surface area contributed by atoms with Gasteiger partial charge < -0.3 is 10.6 Å². The Morgan fingerprint density at radius 2 is 1.71 bits per heavy atom. The first-order valence-electron chi connectivity index (χ1n) is 8.45. The van der Waals surface area contributed by atoms with Crippen LogP contribution >= 0.6 is 34.5 Å². The zero-order valence-corrected chi connectivity index (χ0v) is 17.5. The van der Waals surface area contributed by atoms with Crippen molar-refractivity contribution in [2.75, 3.05) is 25.0 Å². The molecule has 0 saturated heterocycles. The van der Waals surface area contributed by atoms with Crippen LogP contribution < -0.4 is 16.0 Å². The summed E-state index contributed by atoms with van der Waals surface area (Å²) in [4.78, 5) is 38.6. The zero-order chi connectivity index (χ0) is 20.5. The summed E-state index contributed by atoms with van der Waals surface area (Å²) in [7, 11) is 0. The van der Waals surface area contributed by atoms with Crippen LogP contribution in [0.25, 0.3) is 0 Å². The van der Waals surface area contributed by atoms with Crippen molar-refractivity contribution in [2.45, 2.75) is 13.5 Å². The number of rotatable bonds is 8. The van der Waals surface area contributed by atoms with Gasteiger partial charge >= 0.3 is 6.03 Å². The first-order chi connectivity index (χ1) is 13.4. The fourth-order valence-electron chi connectivity index (χ4n) is 2.27. The van der Waals surface area contributed by atoms with E-state index in [1.165, 1.54) is 11.3 Å². The molecule has 0 aliphatic rings. The number of benzene rings is 1. The molecule has 0 spiro atoms. The molecule has 2 rings (SSSR count). The van der Waals surface area contributed by atoms with Crippen LogP contribution in [-0.2, 0) is 16.1 Å². The van der Waals surface area contributed by atoms with Crippen LogP contribution in [0.15, 0.2) is 35.7 Å². The number of halogens is 2. The average Bonchev–Trinajstić information content (AvgIpc) is 3.16. The molecule has 0 bridgehead atoms. The molecule has 2 aromatic rings. The van der Waals surface area contributed by atoms with Gasteiger partial charge in [0.25, 0.3) is 0 Å². The second kappa shape index (κ2) is 11.0. The molecule has 0 aliphatic carbocycles. The molecule has 1 aromatic heterocycles. The largest absolute Gasteiger partial charge is 0.333 e. The van der Waals surface area contributed by atoms with Crippen molar-refractivity contribution >= 4 is 58.1 Å². The Kier molecular flexibility index (Phi) is 8.72. The van der Waals surface area contributed by atoms with Gasteiger partial charge in [0.2, 0.25) is 11.8 Å². The molecule has 4 amide bonds. The summed E-state index contributed by atoms with van der Waals surface area (Å²) in [5.74, 6) is -0.874. The van der Waals surface area contributed by atoms with Gasteiger partial charge in [0.15, 0.2) is 0 Å². The SMILES string of the molecule is CCN(CC(=O)NC(=O)NCc1cccs1)CC(=O)Nc1c(Cl)cccc1Cl. The topological polar surface area (TPSA) is 90.5 Å². The molecule has 1 aromatic carbocycles. The van der Waals surface area contributed by atoms with Crippen LogP contribution in [0.3, 0.4) is 0 Å². The van der Waals surface area contributed by atoms with E-state index in [1.807, 2.05) is 17.5 Å². The van der Waals surface area contributed by atoms with Crippen molar-refractivity contribution in [2.24, 2.45) is 0 Å². The number of thiophene rings is 1. The van der Waals surface area contributed by atoms with E-state index in [4.69, 9.17) is 23.2 Å². The number of nitrogens with one attached hydrogen (secondary N) is 3. The summed E-state index contributed by atoms with van der Waals surface area (Å²) in [5.41, 5.74) is 0.323. The van der Waals surface area contributed by atoms with E-state index in [1.54, 1.807) is 30.0 Å². The molecule has 28 heavy (non-hydrogen) atoms. The number of likely N-dealkylation sites (N-methyl/N-ethyl adjacent to an activating group) is 1. The Labute approximate surface area is 177 Å². The van der Waals surface area contributed by atoms with Gasteiger partial charge in [-0.25, -0.2) is 4.79 Å². The first-order valence-corrected chi connectivity index (χ1v) is 10.1. The van der Waals surface area contributed by atoms with Gasteiger partial charge in [0.1, 0.15) is 0 Å². The normalized spacial score (nSPS) is 10.6. The molecule has 1 heterocycles. The predicted octanol–water partition coefficient (Wildman–Crippen LogP) is 3.34. The summed E-state index contributed by atoms with van der Waals surface area (Å²) in [6.07, 6.45) is 0. The summed E-state index contributed by atoms with van der Waals surface area (Å²) in [6.45, 7) is 2.43. The molecule has 0 atom stereocenters. The van der Waals surface area contributed by atoms with Crippen LogP contribution in [0.2, 0.25) is 10.0 Å². The number of hydrogen-bond acceptors (Lipinski definition) is 5. The minimum Gasteiger partial charge on any atom is -0.333 e. The highest BCUT2D eigenvalue weighted by Crippen LogP contribution is 2.29. The second-order valence-electron chi connectivity index (χ2n) is 5.76. The summed E-state index contributed by atoms with van der Waals surface area (Å²) >= 11 is 13.6. The third-order valence-electron chi connectivity index (χ3n) is 3.67. The number of carbonyl (C=O) groups excluding carboxylic acids is 3. The fraction of sp³-hybridized carbons (Fsp3) is 0.278. The molecule has 0 fully saturated rings. The van der Waals surface area contributed by atoms with E-state index in [0.29, 0.717) is 28.8 Å². The van der Waals surface area contributed by atoms with Gasteiger partial charge in [0, 0.05) is 4.88 Å². The quantitative estimate of drug-likeness (QED) is 0.584. The number of carbonyl (C=O) groups is 3. The maximum absolute atomic E-state index is 12.2. The Morgan fingerprint density at radius 3 is 2.32 bits per heavy atom. The van der Waals surface area contributed by atoms with Crippen molar-refractivity contribution in [1.29, 1.82) is 0 Å². The van der Waals surface area contributed by atoms with Gasteiger partial charge in [0.05, 0.1) is 35.4 Å². The molecule has 0 unspecified atom stereocenters.